The smallest absolute Gasteiger partial charge is 0.274 e. The molecular formula is C20H23N3OS2. The Hall–Kier alpha value is -2.05. The molecule has 26 heavy (non-hydrogen) atoms. The van der Waals surface area contributed by atoms with E-state index in [2.05, 4.69) is 60.9 Å². The molecule has 0 saturated carbocycles. The lowest BCUT2D eigenvalue weighted by molar-refractivity contribution is 0.101. The molecule has 0 aliphatic heterocycles. The minimum Gasteiger partial charge on any atom is -0.339 e. The third kappa shape index (κ3) is 4.77. The summed E-state index contributed by atoms with van der Waals surface area (Å²) in [7, 11) is 0. The number of nitrogens with zero attached hydrogens (tertiary/aromatic N) is 2. The van der Waals surface area contributed by atoms with E-state index in [1.165, 1.54) is 27.4 Å². The Bertz CT molecular complexity index is 852. The highest BCUT2D eigenvalue weighted by molar-refractivity contribution is 7.98. The van der Waals surface area contributed by atoms with Crippen molar-refractivity contribution in [1.82, 2.24) is 9.55 Å². The van der Waals surface area contributed by atoms with Gasteiger partial charge in [-0.05, 0) is 47.9 Å². The number of rotatable bonds is 7. The van der Waals surface area contributed by atoms with Crippen molar-refractivity contribution in [1.29, 1.82) is 0 Å². The van der Waals surface area contributed by atoms with E-state index < -0.39 is 0 Å². The van der Waals surface area contributed by atoms with Gasteiger partial charge in [0.25, 0.3) is 5.91 Å². The molecule has 0 radical (unpaired) electrons. The summed E-state index contributed by atoms with van der Waals surface area (Å²) in [5.74, 6) is 0.428. The molecule has 1 amide bonds. The van der Waals surface area contributed by atoms with E-state index in [0.29, 0.717) is 23.3 Å². The Labute approximate surface area is 162 Å². The van der Waals surface area contributed by atoms with Crippen LogP contribution in [0.25, 0.3) is 0 Å². The second-order valence-electron chi connectivity index (χ2n) is 6.60. The van der Waals surface area contributed by atoms with E-state index in [-0.39, 0.29) is 5.91 Å². The summed E-state index contributed by atoms with van der Waals surface area (Å²) in [6.07, 6.45) is 6.81. The van der Waals surface area contributed by atoms with Crippen LogP contribution in [0.4, 0.5) is 5.13 Å². The van der Waals surface area contributed by atoms with Crippen LogP contribution in [0.2, 0.25) is 0 Å². The molecule has 136 valence electrons. The zero-order chi connectivity index (χ0) is 18.5. The second-order valence-corrected chi connectivity index (χ2v) is 8.37. The van der Waals surface area contributed by atoms with Crippen LogP contribution < -0.4 is 5.32 Å². The molecule has 0 fully saturated rings. The summed E-state index contributed by atoms with van der Waals surface area (Å²) in [6, 6.07) is 10.5. The molecule has 0 atom stereocenters. The highest BCUT2D eigenvalue weighted by atomic mass is 32.2. The van der Waals surface area contributed by atoms with Gasteiger partial charge in [0.1, 0.15) is 5.69 Å². The maximum absolute atomic E-state index is 12.8. The van der Waals surface area contributed by atoms with Crippen LogP contribution in [-0.4, -0.2) is 21.7 Å². The van der Waals surface area contributed by atoms with E-state index in [1.54, 1.807) is 18.0 Å². The number of hydrogen-bond acceptors (Lipinski definition) is 4. The zero-order valence-electron chi connectivity index (χ0n) is 15.2. The molecule has 6 heteroatoms. The molecule has 2 aromatic heterocycles. The van der Waals surface area contributed by atoms with E-state index in [9.17, 15) is 4.79 Å². The standard InChI is InChI=1S/C20H23N3OS2/c1-14(2)10-16-11-18(19(24)22-20-21-8-9-26-20)23(13-16)12-15-4-6-17(25-3)7-5-15/h4-9,11,13-14H,10,12H2,1-3H3,(H,21,22,24). The van der Waals surface area contributed by atoms with E-state index in [1.807, 2.05) is 16.0 Å². The number of carbonyl (C=O) groups is 1. The molecular weight excluding hydrogens is 362 g/mol. The summed E-state index contributed by atoms with van der Waals surface area (Å²) in [4.78, 5) is 18.1. The van der Waals surface area contributed by atoms with Crippen molar-refractivity contribution < 1.29 is 4.79 Å². The van der Waals surface area contributed by atoms with Crippen molar-refractivity contribution in [2.24, 2.45) is 5.92 Å². The molecule has 2 heterocycles. The van der Waals surface area contributed by atoms with Crippen molar-refractivity contribution in [3.63, 3.8) is 0 Å². The maximum atomic E-state index is 12.8. The first-order valence-corrected chi connectivity index (χ1v) is 10.7. The Kier molecular flexibility index (Phi) is 6.16. The van der Waals surface area contributed by atoms with Gasteiger partial charge in [-0.1, -0.05) is 26.0 Å². The Morgan fingerprint density at radius 2 is 2.04 bits per heavy atom. The monoisotopic (exact) mass is 385 g/mol. The first-order chi connectivity index (χ1) is 12.5. The quantitative estimate of drug-likeness (QED) is 0.571. The first-order valence-electron chi connectivity index (χ1n) is 8.58. The lowest BCUT2D eigenvalue weighted by Gasteiger charge is -2.09. The number of anilines is 1. The van der Waals surface area contributed by atoms with Gasteiger partial charge in [-0.2, -0.15) is 0 Å². The second kappa shape index (κ2) is 8.56. The van der Waals surface area contributed by atoms with Gasteiger partial charge < -0.3 is 4.57 Å². The van der Waals surface area contributed by atoms with Gasteiger partial charge in [-0.15, -0.1) is 23.1 Å². The van der Waals surface area contributed by atoms with Crippen molar-refractivity contribution in [3.8, 4) is 0 Å². The summed E-state index contributed by atoms with van der Waals surface area (Å²) < 4.78 is 2.04. The number of hydrogen-bond donors (Lipinski definition) is 1. The fourth-order valence-corrected chi connectivity index (χ4v) is 3.78. The minimum atomic E-state index is -0.115. The normalized spacial score (nSPS) is 11.1. The molecule has 3 rings (SSSR count). The number of thioether (sulfide) groups is 1. The number of thiazole rings is 1. The SMILES string of the molecule is CSc1ccc(Cn2cc(CC(C)C)cc2C(=O)Nc2nccs2)cc1. The zero-order valence-corrected chi connectivity index (χ0v) is 16.9. The molecule has 1 N–H and O–H groups in total. The topological polar surface area (TPSA) is 46.9 Å². The van der Waals surface area contributed by atoms with Crippen LogP contribution >= 0.6 is 23.1 Å². The number of nitrogens with one attached hydrogen (secondary N) is 1. The van der Waals surface area contributed by atoms with Gasteiger partial charge in [0.15, 0.2) is 5.13 Å². The van der Waals surface area contributed by atoms with Gasteiger partial charge in [0, 0.05) is 29.2 Å². The summed E-state index contributed by atoms with van der Waals surface area (Å²) in [5.41, 5.74) is 3.03. The number of amides is 1. The molecule has 0 aliphatic rings. The van der Waals surface area contributed by atoms with E-state index >= 15 is 0 Å². The highest BCUT2D eigenvalue weighted by Gasteiger charge is 2.16. The summed E-state index contributed by atoms with van der Waals surface area (Å²) in [6.45, 7) is 5.05. The molecule has 3 aromatic rings. The lowest BCUT2D eigenvalue weighted by Crippen LogP contribution is -2.17. The van der Waals surface area contributed by atoms with Gasteiger partial charge >= 0.3 is 0 Å². The molecule has 4 nitrogen and oxygen atoms in total. The van der Waals surface area contributed by atoms with Crippen LogP contribution in [0, 0.1) is 5.92 Å². The van der Waals surface area contributed by atoms with E-state index in [0.717, 1.165) is 6.42 Å². The number of carbonyl (C=O) groups excluding carboxylic acids is 1. The fraction of sp³-hybridized carbons (Fsp3) is 0.300. The molecule has 0 unspecified atom stereocenters. The first kappa shape index (κ1) is 18.7. The highest BCUT2D eigenvalue weighted by Crippen LogP contribution is 2.20. The van der Waals surface area contributed by atoms with Gasteiger partial charge in [-0.25, -0.2) is 4.98 Å². The van der Waals surface area contributed by atoms with Crippen LogP contribution in [0.3, 0.4) is 0 Å². The fourth-order valence-electron chi connectivity index (χ4n) is 2.85. The van der Waals surface area contributed by atoms with Crippen LogP contribution in [0.1, 0.15) is 35.5 Å². The molecule has 0 saturated heterocycles. The average molecular weight is 386 g/mol. The van der Waals surface area contributed by atoms with Crippen LogP contribution in [0.5, 0.6) is 0 Å². The van der Waals surface area contributed by atoms with Crippen molar-refractivity contribution >= 4 is 34.1 Å². The van der Waals surface area contributed by atoms with Crippen LogP contribution in [0.15, 0.2) is 53.0 Å². The van der Waals surface area contributed by atoms with Crippen molar-refractivity contribution in [2.45, 2.75) is 31.7 Å². The summed E-state index contributed by atoms with van der Waals surface area (Å²) >= 11 is 3.15. The van der Waals surface area contributed by atoms with Crippen molar-refractivity contribution in [3.05, 3.63) is 64.9 Å². The Balaban J connectivity index is 1.85. The van der Waals surface area contributed by atoms with Gasteiger partial charge in [0.05, 0.1) is 0 Å². The number of aromatic nitrogens is 2. The van der Waals surface area contributed by atoms with Gasteiger partial charge in [0.2, 0.25) is 0 Å². The molecule has 0 spiro atoms. The average Bonchev–Trinajstić information content (AvgIpc) is 3.25. The Morgan fingerprint density at radius 1 is 1.27 bits per heavy atom. The van der Waals surface area contributed by atoms with Crippen molar-refractivity contribution in [2.75, 3.05) is 11.6 Å². The molecule has 1 aromatic carbocycles. The van der Waals surface area contributed by atoms with Crippen LogP contribution in [-0.2, 0) is 13.0 Å². The van der Waals surface area contributed by atoms with E-state index in [4.69, 9.17) is 0 Å². The third-order valence-corrected chi connectivity index (χ3v) is 5.43. The Morgan fingerprint density at radius 3 is 2.65 bits per heavy atom. The lowest BCUT2D eigenvalue weighted by atomic mass is 10.1. The van der Waals surface area contributed by atoms with Gasteiger partial charge in [-0.3, -0.25) is 10.1 Å². The molecule has 0 bridgehead atoms. The summed E-state index contributed by atoms with van der Waals surface area (Å²) in [5, 5.41) is 5.37. The minimum absolute atomic E-state index is 0.115. The third-order valence-electron chi connectivity index (χ3n) is 3.99. The molecule has 0 aliphatic carbocycles. The predicted octanol–water partition coefficient (Wildman–Crippen LogP) is 5.17. The number of benzene rings is 1. The largest absolute Gasteiger partial charge is 0.339 e. The predicted molar refractivity (Wildman–Crippen MR) is 110 cm³/mol. The maximum Gasteiger partial charge on any atom is 0.274 e.